The first-order chi connectivity index (χ1) is 16.5. The molecule has 170 valence electrons. The van der Waals surface area contributed by atoms with Crippen LogP contribution >= 0.6 is 11.7 Å². The van der Waals surface area contributed by atoms with Crippen molar-refractivity contribution in [1.29, 1.82) is 0 Å². The molecule has 0 spiro atoms. The molecule has 0 unspecified atom stereocenters. The summed E-state index contributed by atoms with van der Waals surface area (Å²) >= 11 is 1.04. The van der Waals surface area contributed by atoms with Crippen molar-refractivity contribution >= 4 is 40.1 Å². The van der Waals surface area contributed by atoms with Gasteiger partial charge in [-0.05, 0) is 48.4 Å². The molecule has 5 rings (SSSR count). The molecule has 0 radical (unpaired) electrons. The van der Waals surface area contributed by atoms with Crippen molar-refractivity contribution in [3.05, 3.63) is 88.5 Å². The Labute approximate surface area is 228 Å². The summed E-state index contributed by atoms with van der Waals surface area (Å²) in [7, 11) is 0. The molecule has 0 saturated heterocycles. The third-order valence-corrected chi connectivity index (χ3v) is 6.18. The normalized spacial score (nSPS) is 13.1. The van der Waals surface area contributed by atoms with E-state index < -0.39 is 11.8 Å². The van der Waals surface area contributed by atoms with E-state index in [0.29, 0.717) is 46.9 Å². The van der Waals surface area contributed by atoms with Crippen molar-refractivity contribution in [2.45, 2.75) is 13.3 Å². The maximum Gasteiger partial charge on any atom is 1.00 e. The van der Waals surface area contributed by atoms with Gasteiger partial charge in [0.2, 0.25) is 0 Å². The van der Waals surface area contributed by atoms with E-state index in [1.165, 1.54) is 0 Å². The minimum absolute atomic E-state index is 0. The largest absolute Gasteiger partial charge is 1.00 e. The molecule has 1 aromatic heterocycles. The molecule has 35 heavy (non-hydrogen) atoms. The Morgan fingerprint density at radius 3 is 2.31 bits per heavy atom. The summed E-state index contributed by atoms with van der Waals surface area (Å²) < 4.78 is 19.5. The van der Waals surface area contributed by atoms with E-state index in [4.69, 9.17) is 9.47 Å². The van der Waals surface area contributed by atoms with Crippen LogP contribution in [0.1, 0.15) is 27.0 Å². The van der Waals surface area contributed by atoms with Gasteiger partial charge >= 0.3 is 29.6 Å². The van der Waals surface area contributed by atoms with Gasteiger partial charge in [0.15, 0.2) is 17.3 Å². The van der Waals surface area contributed by atoms with Crippen molar-refractivity contribution < 1.29 is 53.7 Å². The van der Waals surface area contributed by atoms with Crippen LogP contribution in [0.2, 0.25) is 0 Å². The Balaban J connectivity index is 0.00000289. The molecule has 7 nitrogen and oxygen atoms in total. The van der Waals surface area contributed by atoms with Crippen LogP contribution in [-0.4, -0.2) is 33.7 Å². The smallest absolute Gasteiger partial charge is 0.545 e. The van der Waals surface area contributed by atoms with Crippen LogP contribution in [0.15, 0.2) is 66.2 Å². The molecule has 0 saturated carbocycles. The number of hydrogen-bond donors (Lipinski definition) is 0. The molecule has 1 aliphatic rings. The molecule has 0 amide bonds. The Bertz CT molecular complexity index is 1450. The Morgan fingerprint density at radius 2 is 1.57 bits per heavy atom. The van der Waals surface area contributed by atoms with Gasteiger partial charge in [-0.2, -0.15) is 8.75 Å². The average Bonchev–Trinajstić information content (AvgIpc) is 3.32. The van der Waals surface area contributed by atoms with E-state index in [-0.39, 0.29) is 47.1 Å². The van der Waals surface area contributed by atoms with Gasteiger partial charge < -0.3 is 19.4 Å². The van der Waals surface area contributed by atoms with E-state index in [9.17, 15) is 14.7 Å². The summed E-state index contributed by atoms with van der Waals surface area (Å²) in [5.74, 6) is -0.853. The van der Waals surface area contributed by atoms with Crippen molar-refractivity contribution in [2.24, 2.45) is 0 Å². The topological polar surface area (TPSA) is 101 Å². The van der Waals surface area contributed by atoms with Crippen LogP contribution in [0, 0.1) is 6.92 Å². The molecule has 1 aliphatic heterocycles. The van der Waals surface area contributed by atoms with Gasteiger partial charge in [-0.3, -0.25) is 4.79 Å². The molecule has 0 fully saturated rings. The van der Waals surface area contributed by atoms with Gasteiger partial charge in [0.25, 0.3) is 0 Å². The Morgan fingerprint density at radius 1 is 0.886 bits per heavy atom. The molecule has 9 heteroatoms. The molecular weight excluding hydrogens is 475 g/mol. The summed E-state index contributed by atoms with van der Waals surface area (Å²) in [6.45, 7) is 2.77. The maximum absolute atomic E-state index is 13.8. The molecule has 2 heterocycles. The number of nitrogens with zero attached hydrogens (tertiary/aromatic N) is 2. The maximum atomic E-state index is 13.8. The van der Waals surface area contributed by atoms with Crippen LogP contribution in [0.25, 0.3) is 16.6 Å². The van der Waals surface area contributed by atoms with Crippen molar-refractivity contribution in [1.82, 2.24) is 8.75 Å². The number of ether oxygens (including phenoxy) is 2. The van der Waals surface area contributed by atoms with Gasteiger partial charge in [-0.1, -0.05) is 35.9 Å². The zero-order valence-electron chi connectivity index (χ0n) is 19.2. The monoisotopic (exact) mass is 494 g/mol. The summed E-state index contributed by atoms with van der Waals surface area (Å²) in [6, 6.07) is 17.4. The van der Waals surface area contributed by atoms with Crippen molar-refractivity contribution in [2.75, 3.05) is 13.2 Å². The molecular formula is C26H19N2NaO5S. The first-order valence-corrected chi connectivity index (χ1v) is 11.4. The summed E-state index contributed by atoms with van der Waals surface area (Å²) in [5, 5.41) is 12.4. The van der Waals surface area contributed by atoms with Gasteiger partial charge in [0.05, 0.1) is 17.7 Å². The Kier molecular flexibility index (Phi) is 7.66. The van der Waals surface area contributed by atoms with E-state index >= 15 is 0 Å². The zero-order chi connectivity index (χ0) is 23.7. The van der Waals surface area contributed by atoms with E-state index in [1.807, 2.05) is 31.2 Å². The number of fused-ring (bicyclic) bond motifs is 2. The van der Waals surface area contributed by atoms with Crippen LogP contribution < -0.4 is 44.1 Å². The quantitative estimate of drug-likeness (QED) is 0.217. The van der Waals surface area contributed by atoms with Crippen LogP contribution in [0.4, 0.5) is 0 Å². The number of aromatic nitrogens is 2. The second kappa shape index (κ2) is 10.7. The number of ketones is 1. The number of carbonyl (C=O) groups is 2. The SMILES string of the molecule is Cc1ccc(CC(C(=O)c2ccc3c(c2)OCCO3)=C(C(=O)[O-])c2ccc3nsnc3c2)cc1.[Na+]. The number of aliphatic carboxylic acids is 1. The van der Waals surface area contributed by atoms with Crippen LogP contribution in [-0.2, 0) is 11.2 Å². The second-order valence-electron chi connectivity index (χ2n) is 7.96. The van der Waals surface area contributed by atoms with Crippen LogP contribution in [0.3, 0.4) is 0 Å². The number of carboxylic acids is 1. The zero-order valence-corrected chi connectivity index (χ0v) is 22.1. The third kappa shape index (κ3) is 5.31. The minimum atomic E-state index is -1.43. The fourth-order valence-electron chi connectivity index (χ4n) is 3.90. The van der Waals surface area contributed by atoms with E-state index in [1.54, 1.807) is 36.4 Å². The summed E-state index contributed by atoms with van der Waals surface area (Å²) in [4.78, 5) is 26.2. The molecule has 0 atom stereocenters. The molecule has 0 aliphatic carbocycles. The fourth-order valence-corrected chi connectivity index (χ4v) is 4.42. The van der Waals surface area contributed by atoms with Crippen molar-refractivity contribution in [3.8, 4) is 11.5 Å². The molecule has 0 N–H and O–H groups in total. The number of carbonyl (C=O) groups excluding carboxylic acids is 2. The van der Waals surface area contributed by atoms with Crippen molar-refractivity contribution in [3.63, 3.8) is 0 Å². The second-order valence-corrected chi connectivity index (χ2v) is 8.49. The molecule has 3 aromatic carbocycles. The van der Waals surface area contributed by atoms with E-state index in [2.05, 4.69) is 8.75 Å². The molecule has 4 aromatic rings. The van der Waals surface area contributed by atoms with Crippen LogP contribution in [0.5, 0.6) is 11.5 Å². The number of benzene rings is 3. The van der Waals surface area contributed by atoms with E-state index in [0.717, 1.165) is 22.9 Å². The standard InChI is InChI=1S/C26H20N2O5S.Na/c1-15-2-4-16(5-3-15)12-19(25(29)18-7-9-22-23(14-18)33-11-10-32-22)24(26(30)31)17-6-8-20-21(13-17)28-34-27-20;/h2-9,13-14H,10-12H2,1H3,(H,30,31);/q;+1/p-1. The number of aryl methyl sites for hydroxylation is 1. The Hall–Kier alpha value is -3.04. The molecule has 0 bridgehead atoms. The third-order valence-electron chi connectivity index (χ3n) is 5.63. The summed E-state index contributed by atoms with van der Waals surface area (Å²) in [6.07, 6.45) is 0.115. The van der Waals surface area contributed by atoms with Gasteiger partial charge in [-0.25, -0.2) is 0 Å². The first kappa shape index (κ1) is 25.1. The average molecular weight is 495 g/mol. The minimum Gasteiger partial charge on any atom is -0.545 e. The summed E-state index contributed by atoms with van der Waals surface area (Å²) in [5.41, 5.74) is 3.68. The fraction of sp³-hybridized carbons (Fsp3) is 0.154. The van der Waals surface area contributed by atoms with Gasteiger partial charge in [0.1, 0.15) is 24.2 Å². The number of Topliss-reactive ketones (excluding diaryl/α,β-unsaturated/α-hetero) is 1. The predicted molar refractivity (Wildman–Crippen MR) is 126 cm³/mol. The first-order valence-electron chi connectivity index (χ1n) is 10.7. The number of rotatable bonds is 6. The number of carboxylic acid groups (broad SMARTS) is 1. The van der Waals surface area contributed by atoms with Gasteiger partial charge in [0, 0.05) is 23.1 Å². The predicted octanol–water partition coefficient (Wildman–Crippen LogP) is 0.404. The number of hydrogen-bond acceptors (Lipinski definition) is 8. The van der Waals surface area contributed by atoms with Gasteiger partial charge in [-0.15, -0.1) is 0 Å². The number of allylic oxidation sites excluding steroid dienone is 1.